The van der Waals surface area contributed by atoms with Gasteiger partial charge in [0.15, 0.2) is 0 Å². The standard InChI is InChI=1S/C15H20N2O/c1-3-17(13-7-5-4-6-8-13)12-15-10-9-14(18-15)11-16-2/h4-10,16H,3,11-12H2,1-2H3. The highest BCUT2D eigenvalue weighted by Crippen LogP contribution is 2.17. The minimum Gasteiger partial charge on any atom is -0.463 e. The van der Waals surface area contributed by atoms with E-state index in [1.165, 1.54) is 5.69 Å². The molecule has 1 heterocycles. The Bertz CT molecular complexity index is 464. The Morgan fingerprint density at radius 1 is 1.06 bits per heavy atom. The van der Waals surface area contributed by atoms with Crippen LogP contribution in [0.4, 0.5) is 5.69 Å². The lowest BCUT2D eigenvalue weighted by atomic mass is 10.2. The fourth-order valence-electron chi connectivity index (χ4n) is 1.99. The lowest BCUT2D eigenvalue weighted by Gasteiger charge is -2.21. The van der Waals surface area contributed by atoms with Crippen LogP contribution in [0.3, 0.4) is 0 Å². The third-order valence-electron chi connectivity index (χ3n) is 2.92. The van der Waals surface area contributed by atoms with E-state index < -0.39 is 0 Å². The van der Waals surface area contributed by atoms with Gasteiger partial charge in [0.05, 0.1) is 13.1 Å². The molecule has 1 aromatic carbocycles. The van der Waals surface area contributed by atoms with Gasteiger partial charge in [-0.2, -0.15) is 0 Å². The SMILES string of the molecule is CCN(Cc1ccc(CNC)o1)c1ccccc1. The molecular weight excluding hydrogens is 224 g/mol. The number of benzene rings is 1. The number of nitrogens with one attached hydrogen (secondary N) is 1. The van der Waals surface area contributed by atoms with E-state index >= 15 is 0 Å². The van der Waals surface area contributed by atoms with Crippen LogP contribution in [-0.4, -0.2) is 13.6 Å². The Balaban J connectivity index is 2.06. The molecule has 0 spiro atoms. The summed E-state index contributed by atoms with van der Waals surface area (Å²) in [6, 6.07) is 14.5. The van der Waals surface area contributed by atoms with Gasteiger partial charge < -0.3 is 14.6 Å². The quantitative estimate of drug-likeness (QED) is 0.846. The van der Waals surface area contributed by atoms with Gasteiger partial charge in [-0.05, 0) is 38.2 Å². The van der Waals surface area contributed by atoms with Crippen molar-refractivity contribution in [2.24, 2.45) is 0 Å². The van der Waals surface area contributed by atoms with Crippen LogP contribution >= 0.6 is 0 Å². The molecule has 0 atom stereocenters. The molecule has 0 aliphatic rings. The molecule has 1 aromatic heterocycles. The van der Waals surface area contributed by atoms with E-state index in [0.717, 1.165) is 31.2 Å². The van der Waals surface area contributed by atoms with Crippen LogP contribution in [0.1, 0.15) is 18.4 Å². The molecule has 0 radical (unpaired) electrons. The highest BCUT2D eigenvalue weighted by molar-refractivity contribution is 5.45. The average Bonchev–Trinajstić information content (AvgIpc) is 2.85. The van der Waals surface area contributed by atoms with E-state index in [0.29, 0.717) is 0 Å². The van der Waals surface area contributed by atoms with Gasteiger partial charge in [0.2, 0.25) is 0 Å². The van der Waals surface area contributed by atoms with Gasteiger partial charge in [0.1, 0.15) is 11.5 Å². The van der Waals surface area contributed by atoms with Crippen LogP contribution in [0, 0.1) is 0 Å². The molecular formula is C15H20N2O. The van der Waals surface area contributed by atoms with Gasteiger partial charge in [-0.25, -0.2) is 0 Å². The first kappa shape index (κ1) is 12.7. The summed E-state index contributed by atoms with van der Waals surface area (Å²) in [7, 11) is 1.92. The summed E-state index contributed by atoms with van der Waals surface area (Å²) in [6.45, 7) is 4.71. The van der Waals surface area contributed by atoms with Gasteiger partial charge in [0, 0.05) is 12.2 Å². The number of nitrogens with zero attached hydrogens (tertiary/aromatic N) is 1. The van der Waals surface area contributed by atoms with E-state index in [1.54, 1.807) is 0 Å². The van der Waals surface area contributed by atoms with Gasteiger partial charge in [0.25, 0.3) is 0 Å². The topological polar surface area (TPSA) is 28.4 Å². The molecule has 3 heteroatoms. The van der Waals surface area contributed by atoms with Gasteiger partial charge >= 0.3 is 0 Å². The minimum absolute atomic E-state index is 0.775. The number of rotatable bonds is 6. The summed E-state index contributed by atoms with van der Waals surface area (Å²) >= 11 is 0. The van der Waals surface area contributed by atoms with Crippen LogP contribution < -0.4 is 10.2 Å². The summed E-state index contributed by atoms with van der Waals surface area (Å²) in [5.74, 6) is 1.99. The summed E-state index contributed by atoms with van der Waals surface area (Å²) in [6.07, 6.45) is 0. The van der Waals surface area contributed by atoms with Crippen LogP contribution in [0.2, 0.25) is 0 Å². The second-order valence-corrected chi connectivity index (χ2v) is 4.25. The van der Waals surface area contributed by atoms with E-state index in [9.17, 15) is 0 Å². The number of hydrogen-bond donors (Lipinski definition) is 1. The molecule has 0 amide bonds. The Labute approximate surface area is 108 Å². The number of anilines is 1. The van der Waals surface area contributed by atoms with Crippen LogP contribution in [0.5, 0.6) is 0 Å². The molecule has 0 aliphatic carbocycles. The molecule has 18 heavy (non-hydrogen) atoms. The first-order valence-corrected chi connectivity index (χ1v) is 6.35. The normalized spacial score (nSPS) is 10.6. The Morgan fingerprint density at radius 2 is 1.78 bits per heavy atom. The fourth-order valence-corrected chi connectivity index (χ4v) is 1.99. The van der Waals surface area contributed by atoms with Crippen molar-refractivity contribution in [2.45, 2.75) is 20.0 Å². The van der Waals surface area contributed by atoms with Crippen molar-refractivity contribution in [1.82, 2.24) is 5.32 Å². The molecule has 3 nitrogen and oxygen atoms in total. The lowest BCUT2D eigenvalue weighted by Crippen LogP contribution is -2.21. The third-order valence-corrected chi connectivity index (χ3v) is 2.92. The van der Waals surface area contributed by atoms with Crippen molar-refractivity contribution in [3.05, 3.63) is 54.0 Å². The second-order valence-electron chi connectivity index (χ2n) is 4.25. The average molecular weight is 244 g/mol. The molecule has 0 aliphatic heterocycles. The lowest BCUT2D eigenvalue weighted by molar-refractivity contribution is 0.451. The first-order chi connectivity index (χ1) is 8.83. The van der Waals surface area contributed by atoms with E-state index in [1.807, 2.05) is 19.2 Å². The molecule has 1 N–H and O–H groups in total. The van der Waals surface area contributed by atoms with Crippen molar-refractivity contribution in [3.63, 3.8) is 0 Å². The third kappa shape index (κ3) is 3.14. The second kappa shape index (κ2) is 6.26. The predicted octanol–water partition coefficient (Wildman–Crippen LogP) is 3.03. The Hall–Kier alpha value is -1.74. The number of para-hydroxylation sites is 1. The molecule has 96 valence electrons. The maximum absolute atomic E-state index is 5.77. The van der Waals surface area contributed by atoms with E-state index in [2.05, 4.69) is 47.5 Å². The zero-order chi connectivity index (χ0) is 12.8. The van der Waals surface area contributed by atoms with Gasteiger partial charge in [-0.3, -0.25) is 0 Å². The van der Waals surface area contributed by atoms with Gasteiger partial charge in [-0.1, -0.05) is 18.2 Å². The maximum atomic E-state index is 5.77. The summed E-state index contributed by atoms with van der Waals surface area (Å²) < 4.78 is 5.77. The molecule has 0 fully saturated rings. The first-order valence-electron chi connectivity index (χ1n) is 6.35. The summed E-state index contributed by atoms with van der Waals surface area (Å²) in [5, 5.41) is 3.09. The van der Waals surface area contributed by atoms with Crippen LogP contribution in [0.25, 0.3) is 0 Å². The van der Waals surface area contributed by atoms with E-state index in [-0.39, 0.29) is 0 Å². The Morgan fingerprint density at radius 3 is 2.44 bits per heavy atom. The van der Waals surface area contributed by atoms with Crippen molar-refractivity contribution in [1.29, 1.82) is 0 Å². The van der Waals surface area contributed by atoms with Crippen molar-refractivity contribution >= 4 is 5.69 Å². The number of hydrogen-bond acceptors (Lipinski definition) is 3. The monoisotopic (exact) mass is 244 g/mol. The Kier molecular flexibility index (Phi) is 4.42. The van der Waals surface area contributed by atoms with Crippen molar-refractivity contribution < 1.29 is 4.42 Å². The zero-order valence-corrected chi connectivity index (χ0v) is 11.0. The van der Waals surface area contributed by atoms with E-state index in [4.69, 9.17) is 4.42 Å². The predicted molar refractivity (Wildman–Crippen MR) is 74.6 cm³/mol. The van der Waals surface area contributed by atoms with Crippen LogP contribution in [0.15, 0.2) is 46.9 Å². The molecule has 2 aromatic rings. The smallest absolute Gasteiger partial charge is 0.123 e. The van der Waals surface area contributed by atoms with Crippen molar-refractivity contribution in [2.75, 3.05) is 18.5 Å². The summed E-state index contributed by atoms with van der Waals surface area (Å²) in [4.78, 5) is 2.29. The summed E-state index contributed by atoms with van der Waals surface area (Å²) in [5.41, 5.74) is 1.23. The molecule has 0 bridgehead atoms. The fraction of sp³-hybridized carbons (Fsp3) is 0.333. The molecule has 0 saturated heterocycles. The largest absolute Gasteiger partial charge is 0.463 e. The molecule has 0 saturated carbocycles. The highest BCUT2D eigenvalue weighted by atomic mass is 16.3. The molecule has 0 unspecified atom stereocenters. The zero-order valence-electron chi connectivity index (χ0n) is 11.0. The minimum atomic E-state index is 0.775. The van der Waals surface area contributed by atoms with Crippen molar-refractivity contribution in [3.8, 4) is 0 Å². The number of furan rings is 1. The van der Waals surface area contributed by atoms with Gasteiger partial charge in [-0.15, -0.1) is 0 Å². The maximum Gasteiger partial charge on any atom is 0.123 e. The van der Waals surface area contributed by atoms with Crippen LogP contribution in [-0.2, 0) is 13.1 Å². The molecule has 2 rings (SSSR count). The highest BCUT2D eigenvalue weighted by Gasteiger charge is 2.08.